The van der Waals surface area contributed by atoms with Gasteiger partial charge in [-0.05, 0) is 30.5 Å². The molecule has 20 heavy (non-hydrogen) atoms. The number of rotatable bonds is 4. The molecule has 1 aromatic carbocycles. The maximum atomic E-state index is 13.9. The zero-order valence-corrected chi connectivity index (χ0v) is 13.3. The van der Waals surface area contributed by atoms with E-state index >= 15 is 0 Å². The second-order valence-corrected chi connectivity index (χ2v) is 6.43. The molecule has 0 aromatic heterocycles. The van der Waals surface area contributed by atoms with Crippen molar-refractivity contribution in [1.82, 2.24) is 10.2 Å². The van der Waals surface area contributed by atoms with Gasteiger partial charge in [-0.15, -0.1) is 0 Å². The summed E-state index contributed by atoms with van der Waals surface area (Å²) >= 11 is 5.99. The van der Waals surface area contributed by atoms with Gasteiger partial charge in [0.25, 0.3) is 0 Å². The van der Waals surface area contributed by atoms with Crippen LogP contribution in [0.5, 0.6) is 0 Å². The van der Waals surface area contributed by atoms with Gasteiger partial charge in [0.05, 0.1) is 0 Å². The van der Waals surface area contributed by atoms with Gasteiger partial charge in [-0.25, -0.2) is 4.39 Å². The average molecular weight is 299 g/mol. The second-order valence-electron chi connectivity index (χ2n) is 5.99. The molecule has 2 nitrogen and oxygen atoms in total. The third-order valence-electron chi connectivity index (χ3n) is 4.18. The van der Waals surface area contributed by atoms with Crippen LogP contribution in [-0.4, -0.2) is 30.1 Å². The molecule has 0 spiro atoms. The lowest BCUT2D eigenvalue weighted by Gasteiger charge is -2.42. The normalized spacial score (nSPS) is 24.3. The summed E-state index contributed by atoms with van der Waals surface area (Å²) in [6.07, 6.45) is 1.10. The summed E-state index contributed by atoms with van der Waals surface area (Å²) in [5, 5.41) is 4.18. The molecule has 1 aliphatic rings. The minimum absolute atomic E-state index is 0.163. The van der Waals surface area contributed by atoms with Crippen molar-refractivity contribution in [3.05, 3.63) is 34.6 Å². The molecule has 1 N–H and O–H groups in total. The molecule has 1 saturated heterocycles. The summed E-state index contributed by atoms with van der Waals surface area (Å²) < 4.78 is 13.9. The highest BCUT2D eigenvalue weighted by Gasteiger charge is 2.29. The predicted octanol–water partition coefficient (Wildman–Crippen LogP) is 3.69. The van der Waals surface area contributed by atoms with Crippen molar-refractivity contribution in [2.45, 2.75) is 45.8 Å². The standard InChI is InChI=1S/C16H24ClFN2/c1-4-14-10-20(16(8-19-14)11(2)3)9-12-7-13(17)5-6-15(12)18/h5-7,11,14,16,19H,4,8-10H2,1-3H3. The maximum Gasteiger partial charge on any atom is 0.127 e. The van der Waals surface area contributed by atoms with E-state index in [4.69, 9.17) is 11.6 Å². The van der Waals surface area contributed by atoms with Gasteiger partial charge < -0.3 is 5.32 Å². The van der Waals surface area contributed by atoms with Gasteiger partial charge in [-0.3, -0.25) is 4.90 Å². The number of halogens is 2. The minimum atomic E-state index is -0.163. The number of benzene rings is 1. The molecule has 1 aliphatic heterocycles. The Labute approximate surface area is 126 Å². The third kappa shape index (κ3) is 3.72. The van der Waals surface area contributed by atoms with Crippen LogP contribution in [0.25, 0.3) is 0 Å². The number of nitrogens with zero attached hydrogens (tertiary/aromatic N) is 1. The molecule has 0 bridgehead atoms. The Morgan fingerprint density at radius 2 is 2.20 bits per heavy atom. The molecule has 112 valence electrons. The topological polar surface area (TPSA) is 15.3 Å². The Hall–Kier alpha value is -0.640. The monoisotopic (exact) mass is 298 g/mol. The van der Waals surface area contributed by atoms with Crippen LogP contribution < -0.4 is 5.32 Å². The van der Waals surface area contributed by atoms with Gasteiger partial charge >= 0.3 is 0 Å². The quantitative estimate of drug-likeness (QED) is 0.912. The van der Waals surface area contributed by atoms with Crippen molar-refractivity contribution in [2.24, 2.45) is 5.92 Å². The van der Waals surface area contributed by atoms with Crippen LogP contribution in [0.3, 0.4) is 0 Å². The van der Waals surface area contributed by atoms with Crippen molar-refractivity contribution < 1.29 is 4.39 Å². The maximum absolute atomic E-state index is 13.9. The summed E-state index contributed by atoms with van der Waals surface area (Å²) in [5.74, 6) is 0.381. The van der Waals surface area contributed by atoms with Crippen LogP contribution in [0.2, 0.25) is 5.02 Å². The Bertz CT molecular complexity index is 450. The zero-order chi connectivity index (χ0) is 14.7. The first kappa shape index (κ1) is 15.7. The Morgan fingerprint density at radius 1 is 1.45 bits per heavy atom. The number of piperazine rings is 1. The molecule has 2 atom stereocenters. The van der Waals surface area contributed by atoms with E-state index in [9.17, 15) is 4.39 Å². The summed E-state index contributed by atoms with van der Waals surface area (Å²) in [7, 11) is 0. The van der Waals surface area contributed by atoms with Crippen LogP contribution in [0, 0.1) is 11.7 Å². The molecule has 0 amide bonds. The molecule has 1 aromatic rings. The minimum Gasteiger partial charge on any atom is -0.311 e. The van der Waals surface area contributed by atoms with Gasteiger partial charge in [0.1, 0.15) is 5.82 Å². The van der Waals surface area contributed by atoms with E-state index in [1.165, 1.54) is 6.07 Å². The molecule has 2 unspecified atom stereocenters. The highest BCUT2D eigenvalue weighted by Crippen LogP contribution is 2.22. The molecular formula is C16H24ClFN2. The largest absolute Gasteiger partial charge is 0.311 e. The lowest BCUT2D eigenvalue weighted by Crippen LogP contribution is -2.57. The lowest BCUT2D eigenvalue weighted by atomic mass is 9.97. The fourth-order valence-corrected chi connectivity index (χ4v) is 3.09. The average Bonchev–Trinajstić information content (AvgIpc) is 2.42. The van der Waals surface area contributed by atoms with Crippen molar-refractivity contribution in [2.75, 3.05) is 13.1 Å². The SMILES string of the molecule is CCC1CN(Cc2cc(Cl)ccc2F)C(C(C)C)CN1. The van der Waals surface area contributed by atoms with E-state index in [2.05, 4.69) is 31.0 Å². The summed E-state index contributed by atoms with van der Waals surface area (Å²) in [6.45, 7) is 9.20. The fraction of sp³-hybridized carbons (Fsp3) is 0.625. The molecule has 1 fully saturated rings. The molecule has 2 rings (SSSR count). The van der Waals surface area contributed by atoms with Crippen molar-refractivity contribution >= 4 is 11.6 Å². The van der Waals surface area contributed by atoms with E-state index in [1.807, 2.05) is 0 Å². The van der Waals surface area contributed by atoms with Gasteiger partial charge in [0, 0.05) is 42.3 Å². The number of hydrogen-bond acceptors (Lipinski definition) is 2. The van der Waals surface area contributed by atoms with Gasteiger partial charge in [-0.1, -0.05) is 32.4 Å². The van der Waals surface area contributed by atoms with E-state index in [0.717, 1.165) is 19.5 Å². The van der Waals surface area contributed by atoms with Crippen LogP contribution in [0.4, 0.5) is 4.39 Å². The highest BCUT2D eigenvalue weighted by molar-refractivity contribution is 6.30. The van der Waals surface area contributed by atoms with Crippen LogP contribution in [0.1, 0.15) is 32.8 Å². The van der Waals surface area contributed by atoms with Gasteiger partial charge in [0.15, 0.2) is 0 Å². The van der Waals surface area contributed by atoms with Gasteiger partial charge in [-0.2, -0.15) is 0 Å². The highest BCUT2D eigenvalue weighted by atomic mass is 35.5. The number of nitrogens with one attached hydrogen (secondary N) is 1. The van der Waals surface area contributed by atoms with Gasteiger partial charge in [0.2, 0.25) is 0 Å². The first-order valence-electron chi connectivity index (χ1n) is 7.42. The fourth-order valence-electron chi connectivity index (χ4n) is 2.90. The Morgan fingerprint density at radius 3 is 2.85 bits per heavy atom. The van der Waals surface area contributed by atoms with E-state index < -0.39 is 0 Å². The van der Waals surface area contributed by atoms with Crippen LogP contribution >= 0.6 is 11.6 Å². The first-order valence-corrected chi connectivity index (χ1v) is 7.80. The van der Waals surface area contributed by atoms with Crippen molar-refractivity contribution in [3.63, 3.8) is 0 Å². The lowest BCUT2D eigenvalue weighted by molar-refractivity contribution is 0.0889. The Kier molecular flexibility index (Phi) is 5.42. The first-order chi connectivity index (χ1) is 9.51. The molecule has 1 heterocycles. The molecule has 0 saturated carbocycles. The molecule has 4 heteroatoms. The zero-order valence-electron chi connectivity index (χ0n) is 12.5. The van der Waals surface area contributed by atoms with E-state index in [0.29, 0.717) is 35.1 Å². The molecule has 0 radical (unpaired) electrons. The van der Waals surface area contributed by atoms with E-state index in [1.54, 1.807) is 12.1 Å². The smallest absolute Gasteiger partial charge is 0.127 e. The van der Waals surface area contributed by atoms with E-state index in [-0.39, 0.29) is 5.82 Å². The summed E-state index contributed by atoms with van der Waals surface area (Å²) in [6, 6.07) is 5.74. The van der Waals surface area contributed by atoms with Crippen LogP contribution in [0.15, 0.2) is 18.2 Å². The number of hydrogen-bond donors (Lipinski definition) is 1. The van der Waals surface area contributed by atoms with Crippen LogP contribution in [-0.2, 0) is 6.54 Å². The summed E-state index contributed by atoms with van der Waals surface area (Å²) in [5.41, 5.74) is 0.694. The summed E-state index contributed by atoms with van der Waals surface area (Å²) in [4.78, 5) is 2.39. The Balaban J connectivity index is 2.16. The molecular weight excluding hydrogens is 275 g/mol. The van der Waals surface area contributed by atoms with Crippen molar-refractivity contribution in [3.8, 4) is 0 Å². The van der Waals surface area contributed by atoms with Crippen molar-refractivity contribution in [1.29, 1.82) is 0 Å². The predicted molar refractivity (Wildman–Crippen MR) is 82.5 cm³/mol. The second kappa shape index (κ2) is 6.88. The molecule has 0 aliphatic carbocycles. The third-order valence-corrected chi connectivity index (χ3v) is 4.42.